The van der Waals surface area contributed by atoms with Gasteiger partial charge in [-0.25, -0.2) is 4.68 Å². The Morgan fingerprint density at radius 2 is 2.36 bits per heavy atom. The van der Waals surface area contributed by atoms with Gasteiger partial charge in [0.15, 0.2) is 5.82 Å². The van der Waals surface area contributed by atoms with Crippen molar-refractivity contribution < 1.29 is 0 Å². The lowest BCUT2D eigenvalue weighted by Gasteiger charge is -2.22. The highest BCUT2D eigenvalue weighted by atomic mass is 15.6. The molecule has 0 saturated carbocycles. The zero-order chi connectivity index (χ0) is 9.54. The first-order valence-corrected chi connectivity index (χ1v) is 5.37. The van der Waals surface area contributed by atoms with E-state index < -0.39 is 0 Å². The van der Waals surface area contributed by atoms with Crippen molar-refractivity contribution in [1.82, 2.24) is 25.1 Å². The average Bonchev–Trinajstić information content (AvgIpc) is 2.92. The molecular weight excluding hydrogens is 178 g/mol. The Kier molecular flexibility index (Phi) is 1.80. The van der Waals surface area contributed by atoms with Crippen LogP contribution in [0.25, 0.3) is 0 Å². The Hall–Kier alpha value is -0.970. The van der Waals surface area contributed by atoms with E-state index in [2.05, 4.69) is 27.3 Å². The van der Waals surface area contributed by atoms with Crippen molar-refractivity contribution in [3.63, 3.8) is 0 Å². The molecule has 0 N–H and O–H groups in total. The predicted octanol–water partition coefficient (Wildman–Crippen LogP) is 0.112. The van der Waals surface area contributed by atoms with Crippen molar-refractivity contribution in [3.8, 4) is 0 Å². The van der Waals surface area contributed by atoms with E-state index in [1.54, 1.807) is 0 Å². The molecule has 14 heavy (non-hydrogen) atoms. The molecular formula is C9H15N5. The summed E-state index contributed by atoms with van der Waals surface area (Å²) >= 11 is 0. The normalized spacial score (nSPS) is 35.4. The molecule has 2 fully saturated rings. The van der Waals surface area contributed by atoms with Gasteiger partial charge in [0.1, 0.15) is 0 Å². The van der Waals surface area contributed by atoms with E-state index >= 15 is 0 Å². The fraction of sp³-hybridized carbons (Fsp3) is 0.889. The Morgan fingerprint density at radius 1 is 1.43 bits per heavy atom. The first kappa shape index (κ1) is 8.35. The molecule has 2 aliphatic rings. The van der Waals surface area contributed by atoms with E-state index in [0.717, 1.165) is 24.7 Å². The van der Waals surface area contributed by atoms with Crippen molar-refractivity contribution in [2.75, 3.05) is 19.6 Å². The Bertz CT molecular complexity index is 334. The van der Waals surface area contributed by atoms with Crippen molar-refractivity contribution in [1.29, 1.82) is 0 Å². The highest BCUT2D eigenvalue weighted by Gasteiger charge is 2.40. The second-order valence-corrected chi connectivity index (χ2v) is 4.27. The van der Waals surface area contributed by atoms with Crippen LogP contribution in [-0.2, 0) is 6.42 Å². The zero-order valence-corrected chi connectivity index (χ0v) is 8.43. The van der Waals surface area contributed by atoms with Crippen LogP contribution >= 0.6 is 0 Å². The van der Waals surface area contributed by atoms with E-state index in [4.69, 9.17) is 0 Å². The summed E-state index contributed by atoms with van der Waals surface area (Å²) in [5.74, 6) is 1.81. The van der Waals surface area contributed by atoms with Crippen LogP contribution in [0, 0.1) is 5.92 Å². The van der Waals surface area contributed by atoms with Gasteiger partial charge in [-0.3, -0.25) is 0 Å². The van der Waals surface area contributed by atoms with Crippen LogP contribution < -0.4 is 0 Å². The fourth-order valence-corrected chi connectivity index (χ4v) is 2.74. The summed E-state index contributed by atoms with van der Waals surface area (Å²) in [6, 6.07) is 0.536. The number of hydrogen-bond donors (Lipinski definition) is 0. The number of rotatable bonds is 2. The number of nitrogens with zero attached hydrogens (tertiary/aromatic N) is 5. The van der Waals surface area contributed by atoms with Gasteiger partial charge in [0.05, 0.1) is 6.04 Å². The third-order valence-electron chi connectivity index (χ3n) is 3.49. The minimum absolute atomic E-state index is 0.536. The molecule has 0 aromatic carbocycles. The van der Waals surface area contributed by atoms with Gasteiger partial charge in [0.25, 0.3) is 0 Å². The highest BCUT2D eigenvalue weighted by Crippen LogP contribution is 2.35. The van der Waals surface area contributed by atoms with Gasteiger partial charge in [-0.05, 0) is 29.3 Å². The molecule has 2 bridgehead atoms. The summed E-state index contributed by atoms with van der Waals surface area (Å²) in [5, 5.41) is 11.9. The fourth-order valence-electron chi connectivity index (χ4n) is 2.74. The molecule has 5 nitrogen and oxygen atoms in total. The number of piperidine rings is 1. The van der Waals surface area contributed by atoms with Crippen LogP contribution in [-0.4, -0.2) is 44.7 Å². The third-order valence-corrected chi connectivity index (χ3v) is 3.49. The summed E-state index contributed by atoms with van der Waals surface area (Å²) in [5.41, 5.74) is 0. The largest absolute Gasteiger partial charge is 0.301 e. The van der Waals surface area contributed by atoms with E-state index in [-0.39, 0.29) is 0 Å². The van der Waals surface area contributed by atoms with E-state index in [0.29, 0.717) is 6.04 Å². The lowest BCUT2D eigenvalue weighted by molar-refractivity contribution is 0.277. The first-order chi connectivity index (χ1) is 6.88. The summed E-state index contributed by atoms with van der Waals surface area (Å²) in [6.07, 6.45) is 2.24. The van der Waals surface area contributed by atoms with Gasteiger partial charge in [0.2, 0.25) is 0 Å². The summed E-state index contributed by atoms with van der Waals surface area (Å²) in [4.78, 5) is 2.51. The van der Waals surface area contributed by atoms with E-state index in [1.807, 2.05) is 4.68 Å². The Labute approximate surface area is 83.1 Å². The van der Waals surface area contributed by atoms with Gasteiger partial charge in [-0.2, -0.15) is 0 Å². The molecule has 0 spiro atoms. The molecule has 76 valence electrons. The molecule has 5 heteroatoms. The van der Waals surface area contributed by atoms with Gasteiger partial charge in [-0.15, -0.1) is 5.10 Å². The average molecular weight is 193 g/mol. The molecule has 3 rings (SSSR count). The second kappa shape index (κ2) is 3.02. The van der Waals surface area contributed by atoms with Crippen molar-refractivity contribution in [2.45, 2.75) is 25.8 Å². The van der Waals surface area contributed by atoms with Crippen LogP contribution in [0.2, 0.25) is 0 Å². The summed E-state index contributed by atoms with van der Waals surface area (Å²) in [7, 11) is 0. The minimum Gasteiger partial charge on any atom is -0.301 e. The molecule has 0 radical (unpaired) electrons. The molecule has 0 aliphatic carbocycles. The van der Waals surface area contributed by atoms with Crippen LogP contribution in [0.15, 0.2) is 0 Å². The third kappa shape index (κ3) is 1.08. The van der Waals surface area contributed by atoms with Crippen molar-refractivity contribution >= 4 is 0 Å². The second-order valence-electron chi connectivity index (χ2n) is 4.27. The molecule has 3 atom stereocenters. The Morgan fingerprint density at radius 3 is 3.00 bits per heavy atom. The molecule has 1 aromatic heterocycles. The van der Waals surface area contributed by atoms with Gasteiger partial charge in [0, 0.05) is 19.5 Å². The lowest BCUT2D eigenvalue weighted by Crippen LogP contribution is -2.27. The van der Waals surface area contributed by atoms with Crippen LogP contribution in [0.3, 0.4) is 0 Å². The molecule has 2 aliphatic heterocycles. The maximum absolute atomic E-state index is 4.12. The molecule has 3 unspecified atom stereocenters. The summed E-state index contributed by atoms with van der Waals surface area (Å²) in [6.45, 7) is 5.76. The highest BCUT2D eigenvalue weighted by molar-refractivity contribution is 4.96. The van der Waals surface area contributed by atoms with Crippen molar-refractivity contribution in [3.05, 3.63) is 5.82 Å². The van der Waals surface area contributed by atoms with Crippen LogP contribution in [0.4, 0.5) is 0 Å². The maximum atomic E-state index is 4.12. The SMILES string of the molecule is CCc1nnnn1C1CN2CCC1C2. The topological polar surface area (TPSA) is 46.8 Å². The standard InChI is InChI=1S/C9H15N5/c1-2-9-10-11-12-14(9)8-6-13-4-3-7(8)5-13/h7-8H,2-6H2,1H3. The molecule has 2 saturated heterocycles. The first-order valence-electron chi connectivity index (χ1n) is 5.37. The van der Waals surface area contributed by atoms with Crippen LogP contribution in [0.5, 0.6) is 0 Å². The smallest absolute Gasteiger partial charge is 0.151 e. The zero-order valence-electron chi connectivity index (χ0n) is 8.43. The predicted molar refractivity (Wildman–Crippen MR) is 50.8 cm³/mol. The van der Waals surface area contributed by atoms with E-state index in [1.165, 1.54) is 19.5 Å². The monoisotopic (exact) mass is 193 g/mol. The number of hydrogen-bond acceptors (Lipinski definition) is 4. The lowest BCUT2D eigenvalue weighted by atomic mass is 10.0. The van der Waals surface area contributed by atoms with Crippen molar-refractivity contribution in [2.24, 2.45) is 5.92 Å². The number of tetrazole rings is 1. The number of aryl methyl sites for hydroxylation is 1. The van der Waals surface area contributed by atoms with Crippen LogP contribution in [0.1, 0.15) is 25.2 Å². The van der Waals surface area contributed by atoms with Gasteiger partial charge in [-0.1, -0.05) is 6.92 Å². The summed E-state index contributed by atoms with van der Waals surface area (Å²) < 4.78 is 2.05. The quantitative estimate of drug-likeness (QED) is 0.669. The number of fused-ring (bicyclic) bond motifs is 2. The van der Waals surface area contributed by atoms with E-state index in [9.17, 15) is 0 Å². The van der Waals surface area contributed by atoms with Gasteiger partial charge < -0.3 is 4.90 Å². The maximum Gasteiger partial charge on any atom is 0.151 e. The van der Waals surface area contributed by atoms with Gasteiger partial charge >= 0.3 is 0 Å². The molecule has 1 aromatic rings. The Balaban J connectivity index is 1.89. The molecule has 3 heterocycles. The molecule has 0 amide bonds. The minimum atomic E-state index is 0.536. The number of aromatic nitrogens is 4.